The van der Waals surface area contributed by atoms with E-state index in [1.54, 1.807) is 6.07 Å². The SMILES string of the molecule is Cc1ccc(-c2cc(C(F)F)cs2)cc1. The third kappa shape index (κ3) is 2.23. The average molecular weight is 224 g/mol. The summed E-state index contributed by atoms with van der Waals surface area (Å²) in [5, 5.41) is 1.51. The number of aryl methyl sites for hydroxylation is 1. The number of halogens is 2. The van der Waals surface area contributed by atoms with E-state index in [0.29, 0.717) is 0 Å². The van der Waals surface area contributed by atoms with Gasteiger partial charge in [0.2, 0.25) is 0 Å². The minimum absolute atomic E-state index is 0.107. The van der Waals surface area contributed by atoms with Crippen LogP contribution in [0.3, 0.4) is 0 Å². The van der Waals surface area contributed by atoms with Crippen LogP contribution in [0.25, 0.3) is 10.4 Å². The van der Waals surface area contributed by atoms with Crippen molar-refractivity contribution in [3.8, 4) is 10.4 Å². The molecule has 0 radical (unpaired) electrons. The van der Waals surface area contributed by atoms with Crippen molar-refractivity contribution >= 4 is 11.3 Å². The van der Waals surface area contributed by atoms with Crippen LogP contribution in [0.1, 0.15) is 17.6 Å². The van der Waals surface area contributed by atoms with Gasteiger partial charge < -0.3 is 0 Å². The van der Waals surface area contributed by atoms with Gasteiger partial charge in [-0.05, 0) is 18.6 Å². The Morgan fingerprint density at radius 3 is 2.33 bits per heavy atom. The Bertz CT molecular complexity index is 443. The van der Waals surface area contributed by atoms with Crippen molar-refractivity contribution in [3.05, 3.63) is 46.8 Å². The summed E-state index contributed by atoms with van der Waals surface area (Å²) in [6, 6.07) is 9.43. The van der Waals surface area contributed by atoms with Gasteiger partial charge in [0.05, 0.1) is 0 Å². The number of rotatable bonds is 2. The Morgan fingerprint density at radius 2 is 1.80 bits per heavy atom. The lowest BCUT2D eigenvalue weighted by atomic mass is 10.1. The highest BCUT2D eigenvalue weighted by Crippen LogP contribution is 2.31. The molecule has 0 bridgehead atoms. The van der Waals surface area contributed by atoms with Crippen molar-refractivity contribution in [1.29, 1.82) is 0 Å². The first-order valence-corrected chi connectivity index (χ1v) is 5.48. The summed E-state index contributed by atoms with van der Waals surface area (Å²) in [6.45, 7) is 2.00. The van der Waals surface area contributed by atoms with E-state index < -0.39 is 6.43 Å². The molecule has 0 spiro atoms. The molecule has 0 nitrogen and oxygen atoms in total. The highest BCUT2D eigenvalue weighted by Gasteiger charge is 2.10. The number of alkyl halides is 2. The van der Waals surface area contributed by atoms with Crippen LogP contribution in [-0.4, -0.2) is 0 Å². The summed E-state index contributed by atoms with van der Waals surface area (Å²) in [4.78, 5) is 0.894. The van der Waals surface area contributed by atoms with E-state index in [4.69, 9.17) is 0 Å². The first-order chi connectivity index (χ1) is 7.16. The number of hydrogen-bond acceptors (Lipinski definition) is 1. The molecule has 1 heterocycles. The molecular weight excluding hydrogens is 214 g/mol. The monoisotopic (exact) mass is 224 g/mol. The molecule has 2 aromatic rings. The average Bonchev–Trinajstić information content (AvgIpc) is 2.68. The van der Waals surface area contributed by atoms with Crippen LogP contribution in [0.5, 0.6) is 0 Å². The second-order valence-corrected chi connectivity index (χ2v) is 4.32. The lowest BCUT2D eigenvalue weighted by molar-refractivity contribution is 0.152. The first-order valence-electron chi connectivity index (χ1n) is 4.60. The van der Waals surface area contributed by atoms with Gasteiger partial charge in [-0.25, -0.2) is 8.78 Å². The molecule has 0 amide bonds. The fourth-order valence-electron chi connectivity index (χ4n) is 1.33. The quantitative estimate of drug-likeness (QED) is 0.695. The maximum absolute atomic E-state index is 12.4. The van der Waals surface area contributed by atoms with Crippen LogP contribution in [0.15, 0.2) is 35.7 Å². The lowest BCUT2D eigenvalue weighted by Crippen LogP contribution is -1.77. The van der Waals surface area contributed by atoms with Crippen LogP contribution < -0.4 is 0 Å². The van der Waals surface area contributed by atoms with Crippen molar-refractivity contribution in [1.82, 2.24) is 0 Å². The Hall–Kier alpha value is -1.22. The maximum atomic E-state index is 12.4. The summed E-state index contributed by atoms with van der Waals surface area (Å²) in [5.74, 6) is 0. The van der Waals surface area contributed by atoms with Crippen LogP contribution in [0.4, 0.5) is 8.78 Å². The van der Waals surface area contributed by atoms with Gasteiger partial charge in [-0.1, -0.05) is 29.8 Å². The molecule has 0 aliphatic carbocycles. The van der Waals surface area contributed by atoms with Gasteiger partial charge in [0.25, 0.3) is 6.43 Å². The molecule has 0 aliphatic heterocycles. The van der Waals surface area contributed by atoms with Crippen molar-refractivity contribution < 1.29 is 8.78 Å². The Balaban J connectivity index is 2.33. The topological polar surface area (TPSA) is 0 Å². The molecule has 1 aromatic heterocycles. The van der Waals surface area contributed by atoms with Gasteiger partial charge in [-0.15, -0.1) is 11.3 Å². The van der Waals surface area contributed by atoms with Crippen LogP contribution in [-0.2, 0) is 0 Å². The van der Waals surface area contributed by atoms with E-state index in [-0.39, 0.29) is 5.56 Å². The summed E-state index contributed by atoms with van der Waals surface area (Å²) in [6.07, 6.45) is -2.37. The van der Waals surface area contributed by atoms with E-state index in [2.05, 4.69) is 0 Å². The zero-order valence-corrected chi connectivity index (χ0v) is 9.02. The Kier molecular flexibility index (Phi) is 2.82. The summed E-state index contributed by atoms with van der Waals surface area (Å²) >= 11 is 1.36. The minimum Gasteiger partial charge on any atom is -0.205 e. The normalized spacial score (nSPS) is 10.9. The molecule has 0 saturated heterocycles. The van der Waals surface area contributed by atoms with Gasteiger partial charge in [0.1, 0.15) is 0 Å². The molecule has 0 atom stereocenters. The minimum atomic E-state index is -2.37. The molecule has 1 aromatic carbocycles. The molecule has 0 unspecified atom stereocenters. The lowest BCUT2D eigenvalue weighted by Gasteiger charge is -1.97. The van der Waals surface area contributed by atoms with E-state index in [9.17, 15) is 8.78 Å². The van der Waals surface area contributed by atoms with Crippen molar-refractivity contribution in [2.45, 2.75) is 13.3 Å². The largest absolute Gasteiger partial charge is 0.264 e. The maximum Gasteiger partial charge on any atom is 0.264 e. The van der Waals surface area contributed by atoms with E-state index in [0.717, 1.165) is 10.4 Å². The fourth-order valence-corrected chi connectivity index (χ4v) is 2.24. The zero-order chi connectivity index (χ0) is 10.8. The van der Waals surface area contributed by atoms with Crippen molar-refractivity contribution in [2.24, 2.45) is 0 Å². The molecule has 0 saturated carbocycles. The zero-order valence-electron chi connectivity index (χ0n) is 8.21. The van der Waals surface area contributed by atoms with Gasteiger partial charge in [-0.3, -0.25) is 0 Å². The van der Waals surface area contributed by atoms with E-state index in [1.807, 2.05) is 31.2 Å². The molecule has 0 aliphatic rings. The molecular formula is C12H10F2S. The Labute approximate surface area is 91.2 Å². The van der Waals surface area contributed by atoms with E-state index in [1.165, 1.54) is 22.3 Å². The van der Waals surface area contributed by atoms with Crippen molar-refractivity contribution in [3.63, 3.8) is 0 Å². The molecule has 78 valence electrons. The highest BCUT2D eigenvalue weighted by atomic mass is 32.1. The summed E-state index contributed by atoms with van der Waals surface area (Å²) in [7, 11) is 0. The van der Waals surface area contributed by atoms with Gasteiger partial charge >= 0.3 is 0 Å². The highest BCUT2D eigenvalue weighted by molar-refractivity contribution is 7.13. The second-order valence-electron chi connectivity index (χ2n) is 3.41. The van der Waals surface area contributed by atoms with Crippen LogP contribution >= 0.6 is 11.3 Å². The predicted octanol–water partition coefficient (Wildman–Crippen LogP) is 4.66. The predicted molar refractivity (Wildman–Crippen MR) is 59.4 cm³/mol. The van der Waals surface area contributed by atoms with Gasteiger partial charge in [-0.2, -0.15) is 0 Å². The molecule has 15 heavy (non-hydrogen) atoms. The standard InChI is InChI=1S/C12H10F2S/c1-8-2-4-9(5-3-8)11-6-10(7-15-11)12(13)14/h2-7,12H,1H3. The third-order valence-corrected chi connectivity index (χ3v) is 3.21. The van der Waals surface area contributed by atoms with Crippen LogP contribution in [0, 0.1) is 6.92 Å². The Morgan fingerprint density at radius 1 is 1.13 bits per heavy atom. The van der Waals surface area contributed by atoms with Crippen molar-refractivity contribution in [2.75, 3.05) is 0 Å². The molecule has 2 rings (SSSR count). The fraction of sp³-hybridized carbons (Fsp3) is 0.167. The number of hydrogen-bond donors (Lipinski definition) is 0. The number of thiophene rings is 1. The molecule has 3 heteroatoms. The second kappa shape index (κ2) is 4.11. The number of benzene rings is 1. The van der Waals surface area contributed by atoms with E-state index >= 15 is 0 Å². The summed E-state index contributed by atoms with van der Waals surface area (Å²) < 4.78 is 24.7. The first kappa shape index (κ1) is 10.3. The molecule has 0 N–H and O–H groups in total. The molecule has 0 fully saturated rings. The third-order valence-electron chi connectivity index (χ3n) is 2.21. The summed E-state index contributed by atoms with van der Waals surface area (Å²) in [5.41, 5.74) is 2.28. The van der Waals surface area contributed by atoms with Gasteiger partial charge in [0, 0.05) is 15.8 Å². The van der Waals surface area contributed by atoms with Crippen LogP contribution in [0.2, 0.25) is 0 Å². The van der Waals surface area contributed by atoms with Gasteiger partial charge in [0.15, 0.2) is 0 Å². The smallest absolute Gasteiger partial charge is 0.205 e.